The summed E-state index contributed by atoms with van der Waals surface area (Å²) in [6.07, 6.45) is 9.74. The zero-order chi connectivity index (χ0) is 19.9. The molecule has 0 spiro atoms. The van der Waals surface area contributed by atoms with Crippen LogP contribution in [-0.4, -0.2) is 31.4 Å². The van der Waals surface area contributed by atoms with Gasteiger partial charge in [-0.25, -0.2) is 0 Å². The molecule has 3 aromatic rings. The van der Waals surface area contributed by atoms with Gasteiger partial charge in [0.1, 0.15) is 5.76 Å². The molecule has 9 nitrogen and oxygen atoms in total. The molecule has 0 saturated heterocycles. The summed E-state index contributed by atoms with van der Waals surface area (Å²) in [5, 5.41) is 13.8. The Balaban J connectivity index is 1.67. The Hall–Kier alpha value is -3.62. The van der Waals surface area contributed by atoms with Gasteiger partial charge in [0.15, 0.2) is 5.69 Å². The smallest absolute Gasteiger partial charge is 0.274 e. The molecule has 0 atom stereocenters. The van der Waals surface area contributed by atoms with Gasteiger partial charge in [0.2, 0.25) is 5.91 Å². The SMILES string of the molecule is CCn1cc(/C=C/C(=O)Nc2cn(CC)nc2C(=O)NCc2ccco2)cn1. The normalized spacial score (nSPS) is 11.1. The summed E-state index contributed by atoms with van der Waals surface area (Å²) in [4.78, 5) is 24.7. The largest absolute Gasteiger partial charge is 0.467 e. The monoisotopic (exact) mass is 382 g/mol. The van der Waals surface area contributed by atoms with Crippen LogP contribution in [0.1, 0.15) is 35.7 Å². The Morgan fingerprint density at radius 1 is 1.21 bits per heavy atom. The number of nitrogens with one attached hydrogen (secondary N) is 2. The Labute approximate surface area is 162 Å². The number of carbonyl (C=O) groups excluding carboxylic acids is 2. The molecule has 0 unspecified atom stereocenters. The molecule has 2 N–H and O–H groups in total. The molecule has 3 aromatic heterocycles. The minimum absolute atomic E-state index is 0.147. The minimum Gasteiger partial charge on any atom is -0.467 e. The highest BCUT2D eigenvalue weighted by atomic mass is 16.3. The second-order valence-corrected chi connectivity index (χ2v) is 5.96. The fraction of sp³-hybridized carbons (Fsp3) is 0.263. The van der Waals surface area contributed by atoms with Gasteiger partial charge in [-0.15, -0.1) is 0 Å². The first kappa shape index (κ1) is 19.2. The molecule has 28 heavy (non-hydrogen) atoms. The average Bonchev–Trinajstić information content (AvgIpc) is 3.44. The highest BCUT2D eigenvalue weighted by molar-refractivity contribution is 6.06. The van der Waals surface area contributed by atoms with Gasteiger partial charge in [-0.3, -0.25) is 19.0 Å². The molecule has 2 amide bonds. The van der Waals surface area contributed by atoms with Crippen LogP contribution >= 0.6 is 0 Å². The van der Waals surface area contributed by atoms with E-state index in [-0.39, 0.29) is 18.1 Å². The van der Waals surface area contributed by atoms with Crippen molar-refractivity contribution in [3.05, 3.63) is 60.1 Å². The van der Waals surface area contributed by atoms with Crippen LogP contribution in [0.25, 0.3) is 6.08 Å². The standard InChI is InChI=1S/C19H22N6O3/c1-3-24-12-14(10-21-24)7-8-17(26)22-16-13-25(4-2)23-18(16)19(27)20-11-15-6-5-9-28-15/h5-10,12-13H,3-4,11H2,1-2H3,(H,20,27)(H,22,26)/b8-7+. The lowest BCUT2D eigenvalue weighted by atomic mass is 10.3. The summed E-state index contributed by atoms with van der Waals surface area (Å²) in [5.41, 5.74) is 1.31. The summed E-state index contributed by atoms with van der Waals surface area (Å²) in [6.45, 7) is 5.44. The van der Waals surface area contributed by atoms with E-state index in [1.54, 1.807) is 40.0 Å². The molecule has 0 radical (unpaired) electrons. The highest BCUT2D eigenvalue weighted by Crippen LogP contribution is 2.15. The number of hydrogen-bond acceptors (Lipinski definition) is 5. The van der Waals surface area contributed by atoms with E-state index < -0.39 is 5.91 Å². The van der Waals surface area contributed by atoms with Crippen LogP contribution in [0.15, 0.2) is 47.5 Å². The van der Waals surface area contributed by atoms with E-state index in [1.165, 1.54) is 12.3 Å². The van der Waals surface area contributed by atoms with Crippen LogP contribution in [0, 0.1) is 0 Å². The zero-order valence-corrected chi connectivity index (χ0v) is 15.8. The van der Waals surface area contributed by atoms with E-state index in [0.29, 0.717) is 18.0 Å². The molecule has 146 valence electrons. The molecule has 0 aromatic carbocycles. The van der Waals surface area contributed by atoms with Gasteiger partial charge in [-0.05, 0) is 32.1 Å². The molecule has 3 heterocycles. The van der Waals surface area contributed by atoms with Crippen molar-refractivity contribution in [3.63, 3.8) is 0 Å². The van der Waals surface area contributed by atoms with Crippen LogP contribution in [-0.2, 0) is 24.4 Å². The second-order valence-electron chi connectivity index (χ2n) is 5.96. The van der Waals surface area contributed by atoms with Crippen LogP contribution in [0.2, 0.25) is 0 Å². The van der Waals surface area contributed by atoms with Crippen molar-refractivity contribution in [1.29, 1.82) is 0 Å². The molecule has 0 bridgehead atoms. The van der Waals surface area contributed by atoms with Crippen molar-refractivity contribution in [2.24, 2.45) is 0 Å². The van der Waals surface area contributed by atoms with Crippen LogP contribution in [0.3, 0.4) is 0 Å². The van der Waals surface area contributed by atoms with E-state index in [2.05, 4.69) is 20.8 Å². The maximum absolute atomic E-state index is 12.5. The first-order valence-electron chi connectivity index (χ1n) is 8.98. The molecule has 9 heteroatoms. The first-order chi connectivity index (χ1) is 13.6. The fourth-order valence-electron chi connectivity index (χ4n) is 2.49. The summed E-state index contributed by atoms with van der Waals surface area (Å²) >= 11 is 0. The van der Waals surface area contributed by atoms with E-state index in [1.807, 2.05) is 20.0 Å². The third-order valence-electron chi connectivity index (χ3n) is 3.97. The predicted molar refractivity (Wildman–Crippen MR) is 103 cm³/mol. The van der Waals surface area contributed by atoms with E-state index in [4.69, 9.17) is 4.42 Å². The number of carbonyl (C=O) groups is 2. The van der Waals surface area contributed by atoms with Crippen molar-refractivity contribution in [1.82, 2.24) is 24.9 Å². The minimum atomic E-state index is -0.396. The number of nitrogens with zero attached hydrogens (tertiary/aromatic N) is 4. The lowest BCUT2D eigenvalue weighted by molar-refractivity contribution is -0.111. The molecule has 0 aliphatic heterocycles. The molecular weight excluding hydrogens is 360 g/mol. The molecule has 0 fully saturated rings. The fourth-order valence-corrected chi connectivity index (χ4v) is 2.49. The number of furan rings is 1. The maximum atomic E-state index is 12.5. The van der Waals surface area contributed by atoms with Crippen molar-refractivity contribution in [3.8, 4) is 0 Å². The lowest BCUT2D eigenvalue weighted by Gasteiger charge is -2.04. The summed E-state index contributed by atoms with van der Waals surface area (Å²) < 4.78 is 8.56. The van der Waals surface area contributed by atoms with Gasteiger partial charge in [0.05, 0.1) is 24.7 Å². The molecule has 3 rings (SSSR count). The van der Waals surface area contributed by atoms with Crippen LogP contribution in [0.5, 0.6) is 0 Å². The number of amides is 2. The molecule has 0 saturated carbocycles. The summed E-state index contributed by atoms with van der Waals surface area (Å²) in [5.74, 6) is -0.128. The highest BCUT2D eigenvalue weighted by Gasteiger charge is 2.18. The topological polar surface area (TPSA) is 107 Å². The van der Waals surface area contributed by atoms with E-state index in [9.17, 15) is 9.59 Å². The van der Waals surface area contributed by atoms with E-state index >= 15 is 0 Å². The Kier molecular flexibility index (Phi) is 6.05. The van der Waals surface area contributed by atoms with Gasteiger partial charge in [0.25, 0.3) is 5.91 Å². The van der Waals surface area contributed by atoms with Crippen LogP contribution < -0.4 is 10.6 Å². The Morgan fingerprint density at radius 3 is 2.71 bits per heavy atom. The van der Waals surface area contributed by atoms with Crippen molar-refractivity contribution < 1.29 is 14.0 Å². The Morgan fingerprint density at radius 2 is 2.04 bits per heavy atom. The van der Waals surface area contributed by atoms with Gasteiger partial charge < -0.3 is 15.1 Å². The van der Waals surface area contributed by atoms with Crippen molar-refractivity contribution >= 4 is 23.6 Å². The van der Waals surface area contributed by atoms with Gasteiger partial charge in [-0.1, -0.05) is 0 Å². The third kappa shape index (κ3) is 4.76. The number of rotatable bonds is 8. The van der Waals surface area contributed by atoms with Gasteiger partial charge in [0, 0.05) is 37.1 Å². The maximum Gasteiger partial charge on any atom is 0.274 e. The molecular formula is C19H22N6O3. The molecule has 0 aliphatic carbocycles. The van der Waals surface area contributed by atoms with Crippen LogP contribution in [0.4, 0.5) is 5.69 Å². The summed E-state index contributed by atoms with van der Waals surface area (Å²) in [7, 11) is 0. The van der Waals surface area contributed by atoms with Gasteiger partial charge >= 0.3 is 0 Å². The average molecular weight is 382 g/mol. The first-order valence-corrected chi connectivity index (χ1v) is 8.98. The number of aryl methyl sites for hydroxylation is 2. The lowest BCUT2D eigenvalue weighted by Crippen LogP contribution is -2.24. The van der Waals surface area contributed by atoms with Crippen molar-refractivity contribution in [2.45, 2.75) is 33.5 Å². The van der Waals surface area contributed by atoms with Gasteiger partial charge in [-0.2, -0.15) is 10.2 Å². The van der Waals surface area contributed by atoms with E-state index in [0.717, 1.165) is 12.1 Å². The number of anilines is 1. The second kappa shape index (κ2) is 8.85. The Bertz CT molecular complexity index is 968. The quantitative estimate of drug-likeness (QED) is 0.581. The predicted octanol–water partition coefficient (Wildman–Crippen LogP) is 2.29. The van der Waals surface area contributed by atoms with Crippen molar-refractivity contribution in [2.75, 3.05) is 5.32 Å². The zero-order valence-electron chi connectivity index (χ0n) is 15.8. The summed E-state index contributed by atoms with van der Waals surface area (Å²) in [6, 6.07) is 3.51. The number of hydrogen-bond donors (Lipinski definition) is 2. The third-order valence-corrected chi connectivity index (χ3v) is 3.97. The molecule has 0 aliphatic rings. The number of aromatic nitrogens is 4.